The molecular weight excluding hydrogens is 312 g/mol. The van der Waals surface area contributed by atoms with Gasteiger partial charge in [-0.25, -0.2) is 4.98 Å². The molecule has 0 aliphatic heterocycles. The summed E-state index contributed by atoms with van der Waals surface area (Å²) in [5, 5.41) is 4.12. The van der Waals surface area contributed by atoms with E-state index in [9.17, 15) is 4.79 Å². The van der Waals surface area contributed by atoms with Crippen LogP contribution in [-0.2, 0) is 0 Å². The maximum atomic E-state index is 12.0. The van der Waals surface area contributed by atoms with Gasteiger partial charge in [-0.2, -0.15) is 0 Å². The van der Waals surface area contributed by atoms with Gasteiger partial charge in [-0.05, 0) is 31.6 Å². The number of carbonyl (C=O) groups excluding carboxylic acids is 1. The molecule has 3 nitrogen and oxygen atoms in total. The summed E-state index contributed by atoms with van der Waals surface area (Å²) in [4.78, 5) is 16.9. The largest absolute Gasteiger partial charge is 0.351 e. The highest BCUT2D eigenvalue weighted by atomic mass is 79.9. The zero-order valence-corrected chi connectivity index (χ0v) is 13.0. The molecule has 1 aromatic heterocycles. The first-order chi connectivity index (χ1) is 8.72. The number of alkyl halides is 1. The number of aryl methyl sites for hydroxylation is 1. The summed E-state index contributed by atoms with van der Waals surface area (Å²) < 4.78 is 0. The number of aromatic nitrogens is 1. The Hall–Kier alpha value is -0.420. The summed E-state index contributed by atoms with van der Waals surface area (Å²) in [6.07, 6.45) is 5.14. The number of halogens is 1. The molecule has 0 bridgehead atoms. The molecule has 18 heavy (non-hydrogen) atoms. The van der Waals surface area contributed by atoms with Crippen molar-refractivity contribution >= 4 is 33.2 Å². The monoisotopic (exact) mass is 330 g/mol. The van der Waals surface area contributed by atoms with Crippen molar-refractivity contribution < 1.29 is 4.79 Å². The average molecular weight is 331 g/mol. The quantitative estimate of drug-likeness (QED) is 0.860. The maximum absolute atomic E-state index is 12.0. The number of thiazole rings is 1. The fraction of sp³-hybridized carbons (Fsp3) is 0.692. The Labute approximate surface area is 121 Å². The first kappa shape index (κ1) is 14.0. The number of nitrogens with zero attached hydrogens (tertiary/aromatic N) is 1. The van der Waals surface area contributed by atoms with E-state index in [1.807, 2.05) is 6.92 Å². The molecule has 100 valence electrons. The van der Waals surface area contributed by atoms with Crippen LogP contribution in [0.25, 0.3) is 0 Å². The van der Waals surface area contributed by atoms with E-state index in [2.05, 4.69) is 26.2 Å². The van der Waals surface area contributed by atoms with Crippen molar-refractivity contribution in [1.82, 2.24) is 10.3 Å². The molecule has 1 aromatic rings. The summed E-state index contributed by atoms with van der Waals surface area (Å²) in [5.74, 6) is 1.37. The molecule has 5 heteroatoms. The van der Waals surface area contributed by atoms with Crippen LogP contribution < -0.4 is 5.32 Å². The van der Waals surface area contributed by atoms with Gasteiger partial charge in [0.2, 0.25) is 0 Å². The molecule has 2 unspecified atom stereocenters. The van der Waals surface area contributed by atoms with Gasteiger partial charge in [-0.15, -0.1) is 11.3 Å². The molecule has 1 N–H and O–H groups in total. The standard InChI is InChI=1S/C13H19BrN2OS/c1-9-12(18-8-16-9)13(17)15-7-11-5-3-2-4-10(11)6-14/h8,10-11H,2-7H2,1H3,(H,15,17). The van der Waals surface area contributed by atoms with Crippen LogP contribution in [0.15, 0.2) is 5.51 Å². The van der Waals surface area contributed by atoms with Crippen LogP contribution >= 0.6 is 27.3 Å². The highest BCUT2D eigenvalue weighted by Crippen LogP contribution is 2.30. The Morgan fingerprint density at radius 3 is 2.83 bits per heavy atom. The van der Waals surface area contributed by atoms with Gasteiger partial charge in [0.1, 0.15) is 4.88 Å². The Morgan fingerprint density at radius 1 is 1.50 bits per heavy atom. The van der Waals surface area contributed by atoms with Gasteiger partial charge in [-0.3, -0.25) is 4.79 Å². The zero-order chi connectivity index (χ0) is 13.0. The Bertz CT molecular complexity index is 407. The van der Waals surface area contributed by atoms with Crippen molar-refractivity contribution in [3.05, 3.63) is 16.1 Å². The number of carbonyl (C=O) groups is 1. The lowest BCUT2D eigenvalue weighted by Gasteiger charge is -2.30. The van der Waals surface area contributed by atoms with E-state index in [4.69, 9.17) is 0 Å². The maximum Gasteiger partial charge on any atom is 0.263 e. The van der Waals surface area contributed by atoms with E-state index in [0.717, 1.165) is 22.4 Å². The molecule has 1 aliphatic carbocycles. The predicted octanol–water partition coefficient (Wildman–Crippen LogP) is 3.38. The van der Waals surface area contributed by atoms with Crippen LogP contribution in [0.2, 0.25) is 0 Å². The lowest BCUT2D eigenvalue weighted by Crippen LogP contribution is -2.34. The van der Waals surface area contributed by atoms with Crippen LogP contribution in [0.1, 0.15) is 41.0 Å². The molecule has 1 saturated carbocycles. The summed E-state index contributed by atoms with van der Waals surface area (Å²) in [7, 11) is 0. The van der Waals surface area contributed by atoms with Gasteiger partial charge < -0.3 is 5.32 Å². The number of nitrogens with one attached hydrogen (secondary N) is 1. The number of hydrogen-bond donors (Lipinski definition) is 1. The van der Waals surface area contributed by atoms with E-state index in [-0.39, 0.29) is 5.91 Å². The second kappa shape index (κ2) is 6.66. The van der Waals surface area contributed by atoms with E-state index in [1.54, 1.807) is 5.51 Å². The van der Waals surface area contributed by atoms with E-state index >= 15 is 0 Å². The number of amides is 1. The second-order valence-electron chi connectivity index (χ2n) is 4.94. The predicted molar refractivity (Wildman–Crippen MR) is 78.4 cm³/mol. The minimum atomic E-state index is 0.0360. The minimum absolute atomic E-state index is 0.0360. The van der Waals surface area contributed by atoms with Crippen LogP contribution in [0.4, 0.5) is 0 Å². The Balaban J connectivity index is 1.87. The Kier molecular flexibility index (Phi) is 5.18. The molecule has 2 rings (SSSR count). The van der Waals surface area contributed by atoms with Crippen molar-refractivity contribution in [2.75, 3.05) is 11.9 Å². The lowest BCUT2D eigenvalue weighted by atomic mass is 9.80. The summed E-state index contributed by atoms with van der Waals surface area (Å²) in [6, 6.07) is 0. The number of rotatable bonds is 4. The van der Waals surface area contributed by atoms with Crippen LogP contribution in [0.3, 0.4) is 0 Å². The summed E-state index contributed by atoms with van der Waals surface area (Å²) in [6.45, 7) is 2.68. The van der Waals surface area contributed by atoms with Gasteiger partial charge in [0.05, 0.1) is 11.2 Å². The van der Waals surface area contributed by atoms with E-state index in [1.165, 1.54) is 37.0 Å². The van der Waals surface area contributed by atoms with Crippen molar-refractivity contribution in [2.24, 2.45) is 11.8 Å². The smallest absolute Gasteiger partial charge is 0.263 e. The first-order valence-electron chi connectivity index (χ1n) is 6.46. The molecule has 0 radical (unpaired) electrons. The van der Waals surface area contributed by atoms with Crippen molar-refractivity contribution in [1.29, 1.82) is 0 Å². The average Bonchev–Trinajstić information content (AvgIpc) is 2.82. The van der Waals surface area contributed by atoms with Gasteiger partial charge >= 0.3 is 0 Å². The molecule has 2 atom stereocenters. The zero-order valence-electron chi connectivity index (χ0n) is 10.6. The van der Waals surface area contributed by atoms with E-state index in [0.29, 0.717) is 11.8 Å². The SMILES string of the molecule is Cc1ncsc1C(=O)NCC1CCCCC1CBr. The lowest BCUT2D eigenvalue weighted by molar-refractivity contribution is 0.0940. The molecule has 1 heterocycles. The highest BCUT2D eigenvalue weighted by molar-refractivity contribution is 9.09. The molecular formula is C13H19BrN2OS. The molecule has 0 aromatic carbocycles. The van der Waals surface area contributed by atoms with Gasteiger partial charge in [-0.1, -0.05) is 28.8 Å². The highest BCUT2D eigenvalue weighted by Gasteiger charge is 2.24. The third-order valence-electron chi connectivity index (χ3n) is 3.74. The van der Waals surface area contributed by atoms with Gasteiger partial charge in [0.15, 0.2) is 0 Å². The van der Waals surface area contributed by atoms with Crippen LogP contribution in [-0.4, -0.2) is 22.8 Å². The van der Waals surface area contributed by atoms with Crippen molar-refractivity contribution in [3.8, 4) is 0 Å². The molecule has 0 spiro atoms. The second-order valence-corrected chi connectivity index (χ2v) is 6.44. The first-order valence-corrected chi connectivity index (χ1v) is 8.46. The van der Waals surface area contributed by atoms with Gasteiger partial charge in [0, 0.05) is 11.9 Å². The minimum Gasteiger partial charge on any atom is -0.351 e. The summed E-state index contributed by atoms with van der Waals surface area (Å²) >= 11 is 5.01. The van der Waals surface area contributed by atoms with E-state index < -0.39 is 0 Å². The summed E-state index contributed by atoms with van der Waals surface area (Å²) in [5.41, 5.74) is 2.56. The number of hydrogen-bond acceptors (Lipinski definition) is 3. The van der Waals surface area contributed by atoms with Gasteiger partial charge in [0.25, 0.3) is 5.91 Å². The van der Waals surface area contributed by atoms with Crippen LogP contribution in [0.5, 0.6) is 0 Å². The third-order valence-corrected chi connectivity index (χ3v) is 5.50. The fourth-order valence-corrected chi connectivity index (χ4v) is 4.15. The van der Waals surface area contributed by atoms with Crippen molar-refractivity contribution in [2.45, 2.75) is 32.6 Å². The Morgan fingerprint density at radius 2 is 2.22 bits per heavy atom. The fourth-order valence-electron chi connectivity index (χ4n) is 2.58. The molecule has 1 aliphatic rings. The van der Waals surface area contributed by atoms with Crippen LogP contribution in [0, 0.1) is 18.8 Å². The van der Waals surface area contributed by atoms with Crippen molar-refractivity contribution in [3.63, 3.8) is 0 Å². The molecule has 0 saturated heterocycles. The third kappa shape index (κ3) is 3.32. The topological polar surface area (TPSA) is 42.0 Å². The molecule has 1 fully saturated rings. The normalized spacial score (nSPS) is 23.9. The molecule has 1 amide bonds.